The molecular formula is C12H23NO3. The maximum absolute atomic E-state index is 11.2. The molecule has 4 heteroatoms. The van der Waals surface area contributed by atoms with Gasteiger partial charge in [0.2, 0.25) is 0 Å². The molecule has 0 bridgehead atoms. The second-order valence-corrected chi connectivity index (χ2v) is 4.26. The van der Waals surface area contributed by atoms with Crippen molar-refractivity contribution in [1.29, 1.82) is 0 Å². The minimum atomic E-state index is -0.506. The highest BCUT2D eigenvalue weighted by Gasteiger charge is 2.12. The highest BCUT2D eigenvalue weighted by Crippen LogP contribution is 2.10. The Labute approximate surface area is 97.7 Å². The minimum absolute atomic E-state index is 0.131. The van der Waals surface area contributed by atoms with E-state index in [0.29, 0.717) is 13.0 Å². The van der Waals surface area contributed by atoms with Gasteiger partial charge in [-0.3, -0.25) is 0 Å². The summed E-state index contributed by atoms with van der Waals surface area (Å²) >= 11 is 0. The predicted octanol–water partition coefficient (Wildman–Crippen LogP) is 2.99. The first-order valence-corrected chi connectivity index (χ1v) is 5.99. The topological polar surface area (TPSA) is 58.9 Å². The van der Waals surface area contributed by atoms with Gasteiger partial charge in [0.15, 0.2) is 5.71 Å². The highest BCUT2D eigenvalue weighted by atomic mass is 16.5. The van der Waals surface area contributed by atoms with Crippen LogP contribution in [-0.2, 0) is 9.53 Å². The van der Waals surface area contributed by atoms with Gasteiger partial charge in [-0.05, 0) is 19.3 Å². The summed E-state index contributed by atoms with van der Waals surface area (Å²) in [5.74, 6) is 0.213. The lowest BCUT2D eigenvalue weighted by atomic mass is 10.0. The van der Waals surface area contributed by atoms with Crippen molar-refractivity contribution in [2.75, 3.05) is 6.61 Å². The molecule has 0 saturated carbocycles. The summed E-state index contributed by atoms with van der Waals surface area (Å²) in [5, 5.41) is 11.6. The second kappa shape index (κ2) is 9.19. The van der Waals surface area contributed by atoms with Gasteiger partial charge in [-0.15, -0.1) is 0 Å². The van der Waals surface area contributed by atoms with Gasteiger partial charge in [-0.2, -0.15) is 0 Å². The number of carbonyl (C=O) groups excluding carboxylic acids is 1. The monoisotopic (exact) mass is 229 g/mol. The quantitative estimate of drug-likeness (QED) is 0.229. The Bertz CT molecular complexity index is 224. The molecule has 0 aromatic heterocycles. The van der Waals surface area contributed by atoms with Crippen molar-refractivity contribution in [3.8, 4) is 0 Å². The van der Waals surface area contributed by atoms with Crippen LogP contribution < -0.4 is 0 Å². The highest BCUT2D eigenvalue weighted by molar-refractivity contribution is 6.36. The number of hydrogen-bond acceptors (Lipinski definition) is 4. The molecule has 94 valence electrons. The number of esters is 1. The van der Waals surface area contributed by atoms with Crippen LogP contribution in [-0.4, -0.2) is 23.5 Å². The molecule has 0 aliphatic carbocycles. The van der Waals surface area contributed by atoms with E-state index in [0.717, 1.165) is 25.2 Å². The molecule has 0 heterocycles. The number of hydrogen-bond donors (Lipinski definition) is 1. The number of nitrogens with zero attached hydrogens (tertiary/aromatic N) is 1. The van der Waals surface area contributed by atoms with E-state index < -0.39 is 5.97 Å². The first-order chi connectivity index (χ1) is 7.61. The molecule has 0 aromatic rings. The molecule has 1 N–H and O–H groups in total. The summed E-state index contributed by atoms with van der Waals surface area (Å²) in [4.78, 5) is 11.2. The lowest BCUT2D eigenvalue weighted by Gasteiger charge is -2.05. The maximum Gasteiger partial charge on any atom is 0.356 e. The fourth-order valence-corrected chi connectivity index (χ4v) is 1.43. The molecule has 0 amide bonds. The van der Waals surface area contributed by atoms with E-state index in [2.05, 4.69) is 19.0 Å². The molecular weight excluding hydrogens is 206 g/mol. The first-order valence-electron chi connectivity index (χ1n) is 5.99. The number of unbranched alkanes of at least 4 members (excludes halogenated alkanes) is 2. The fourth-order valence-electron chi connectivity index (χ4n) is 1.43. The van der Waals surface area contributed by atoms with Crippen molar-refractivity contribution in [1.82, 2.24) is 0 Å². The Hall–Kier alpha value is -1.06. The minimum Gasteiger partial charge on any atom is -0.461 e. The number of carbonyl (C=O) groups is 1. The zero-order valence-corrected chi connectivity index (χ0v) is 10.5. The predicted molar refractivity (Wildman–Crippen MR) is 63.8 cm³/mol. The molecule has 0 aliphatic rings. The standard InChI is InChI=1S/C12H23NO3/c1-4-16-12(14)11(13-15)9-7-5-6-8-10(2)3/h10,15H,4-9H2,1-3H3. The second-order valence-electron chi connectivity index (χ2n) is 4.26. The molecule has 0 atom stereocenters. The van der Waals surface area contributed by atoms with Gasteiger partial charge >= 0.3 is 5.97 Å². The Balaban J connectivity index is 3.68. The Kier molecular flexibility index (Phi) is 8.58. The lowest BCUT2D eigenvalue weighted by Crippen LogP contribution is -2.17. The van der Waals surface area contributed by atoms with Gasteiger partial charge in [0, 0.05) is 6.42 Å². The molecule has 0 aromatic carbocycles. The number of oxime groups is 1. The summed E-state index contributed by atoms with van der Waals surface area (Å²) in [6, 6.07) is 0. The average molecular weight is 229 g/mol. The molecule has 4 nitrogen and oxygen atoms in total. The van der Waals surface area contributed by atoms with Crippen molar-refractivity contribution in [3.05, 3.63) is 0 Å². The average Bonchev–Trinajstić information content (AvgIpc) is 2.23. The molecule has 0 saturated heterocycles. The van der Waals surface area contributed by atoms with Crippen molar-refractivity contribution >= 4 is 11.7 Å². The molecule has 0 unspecified atom stereocenters. The Morgan fingerprint density at radius 1 is 1.31 bits per heavy atom. The molecule has 16 heavy (non-hydrogen) atoms. The third-order valence-corrected chi connectivity index (χ3v) is 2.33. The van der Waals surface area contributed by atoms with Gasteiger partial charge in [0.05, 0.1) is 6.61 Å². The van der Waals surface area contributed by atoms with Crippen LogP contribution in [0.25, 0.3) is 0 Å². The fraction of sp³-hybridized carbons (Fsp3) is 0.833. The molecule has 0 aliphatic heterocycles. The zero-order valence-electron chi connectivity index (χ0n) is 10.5. The smallest absolute Gasteiger partial charge is 0.356 e. The van der Waals surface area contributed by atoms with Crippen LogP contribution in [0, 0.1) is 5.92 Å². The normalized spacial score (nSPS) is 11.9. The molecule has 0 rings (SSSR count). The largest absolute Gasteiger partial charge is 0.461 e. The van der Waals surface area contributed by atoms with Crippen LogP contribution >= 0.6 is 0 Å². The summed E-state index contributed by atoms with van der Waals surface area (Å²) < 4.78 is 4.76. The van der Waals surface area contributed by atoms with E-state index >= 15 is 0 Å². The Morgan fingerprint density at radius 3 is 2.50 bits per heavy atom. The summed E-state index contributed by atoms with van der Waals surface area (Å²) in [7, 11) is 0. The van der Waals surface area contributed by atoms with Gasteiger partial charge < -0.3 is 9.94 Å². The van der Waals surface area contributed by atoms with Crippen molar-refractivity contribution in [2.24, 2.45) is 11.1 Å². The SMILES string of the molecule is CCOC(=O)C(CCCCCC(C)C)=NO. The third kappa shape index (κ3) is 7.26. The maximum atomic E-state index is 11.2. The van der Waals surface area contributed by atoms with Gasteiger partial charge in [-0.25, -0.2) is 4.79 Å². The summed E-state index contributed by atoms with van der Waals surface area (Å²) in [6.45, 7) is 6.43. The molecule has 0 spiro atoms. The third-order valence-electron chi connectivity index (χ3n) is 2.33. The Morgan fingerprint density at radius 2 is 2.00 bits per heavy atom. The van der Waals surface area contributed by atoms with Crippen LogP contribution in [0.2, 0.25) is 0 Å². The van der Waals surface area contributed by atoms with E-state index in [1.807, 2.05) is 0 Å². The summed E-state index contributed by atoms with van der Waals surface area (Å²) in [5.41, 5.74) is 0.131. The van der Waals surface area contributed by atoms with E-state index in [-0.39, 0.29) is 5.71 Å². The van der Waals surface area contributed by atoms with Crippen molar-refractivity contribution in [2.45, 2.75) is 52.9 Å². The molecule has 0 fully saturated rings. The van der Waals surface area contributed by atoms with E-state index in [1.54, 1.807) is 6.92 Å². The van der Waals surface area contributed by atoms with E-state index in [1.165, 1.54) is 6.42 Å². The van der Waals surface area contributed by atoms with Crippen LogP contribution in [0.3, 0.4) is 0 Å². The van der Waals surface area contributed by atoms with Crippen LogP contribution in [0.5, 0.6) is 0 Å². The van der Waals surface area contributed by atoms with Crippen molar-refractivity contribution < 1.29 is 14.7 Å². The first kappa shape index (κ1) is 14.9. The van der Waals surface area contributed by atoms with Crippen LogP contribution in [0.15, 0.2) is 5.16 Å². The van der Waals surface area contributed by atoms with Crippen molar-refractivity contribution in [3.63, 3.8) is 0 Å². The number of ether oxygens (including phenoxy) is 1. The number of rotatable bonds is 8. The van der Waals surface area contributed by atoms with Crippen LogP contribution in [0.1, 0.15) is 52.9 Å². The van der Waals surface area contributed by atoms with Crippen LogP contribution in [0.4, 0.5) is 0 Å². The summed E-state index contributed by atoms with van der Waals surface area (Å²) in [6.07, 6.45) is 4.76. The van der Waals surface area contributed by atoms with Gasteiger partial charge in [-0.1, -0.05) is 38.3 Å². The zero-order chi connectivity index (χ0) is 12.4. The van der Waals surface area contributed by atoms with Gasteiger partial charge in [0.25, 0.3) is 0 Å². The lowest BCUT2D eigenvalue weighted by molar-refractivity contribution is -0.135. The van der Waals surface area contributed by atoms with E-state index in [9.17, 15) is 4.79 Å². The van der Waals surface area contributed by atoms with Gasteiger partial charge in [0.1, 0.15) is 0 Å². The molecule has 0 radical (unpaired) electrons. The van der Waals surface area contributed by atoms with E-state index in [4.69, 9.17) is 9.94 Å².